The predicted octanol–water partition coefficient (Wildman–Crippen LogP) is 15.3. The minimum atomic E-state index is 1.11. The molecule has 0 N–H and O–H groups in total. The molecule has 0 radical (unpaired) electrons. The molecule has 0 amide bonds. The molecule has 1 aromatic heterocycles. The van der Waals surface area contributed by atoms with E-state index in [4.69, 9.17) is 0 Å². The molecular weight excluding hydrogens is 671 g/mol. The Morgan fingerprint density at radius 3 is 1.65 bits per heavy atom. The van der Waals surface area contributed by atoms with E-state index in [0.717, 1.165) is 11.4 Å². The van der Waals surface area contributed by atoms with Gasteiger partial charge in [0.25, 0.3) is 0 Å². The van der Waals surface area contributed by atoms with Gasteiger partial charge in [-0.2, -0.15) is 0 Å². The van der Waals surface area contributed by atoms with Gasteiger partial charge in [-0.3, -0.25) is 0 Å². The van der Waals surface area contributed by atoms with E-state index in [1.807, 2.05) is 11.3 Å². The third-order valence-electron chi connectivity index (χ3n) is 10.5. The average Bonchev–Trinajstić information content (AvgIpc) is 3.64. The average molecular weight is 706 g/mol. The van der Waals surface area contributed by atoms with Gasteiger partial charge in [0.2, 0.25) is 0 Å². The quantitative estimate of drug-likeness (QED) is 0.160. The minimum Gasteiger partial charge on any atom is -0.309 e. The maximum Gasteiger partial charge on any atom is 0.0640 e. The zero-order valence-electron chi connectivity index (χ0n) is 29.6. The van der Waals surface area contributed by atoms with Gasteiger partial charge in [-0.25, -0.2) is 0 Å². The van der Waals surface area contributed by atoms with Crippen molar-refractivity contribution in [3.8, 4) is 44.5 Å². The molecule has 0 aliphatic carbocycles. The number of rotatable bonds is 7. The van der Waals surface area contributed by atoms with E-state index >= 15 is 0 Å². The summed E-state index contributed by atoms with van der Waals surface area (Å²) in [5, 5.41) is 5.09. The van der Waals surface area contributed by atoms with Crippen LogP contribution >= 0.6 is 11.3 Å². The monoisotopic (exact) mass is 705 g/mol. The van der Waals surface area contributed by atoms with Crippen molar-refractivity contribution in [2.45, 2.75) is 0 Å². The SMILES string of the molecule is c1ccc(-c2ccc(N(c3ccc(-c4ccccc4-c4cccc5ccccc45)cc3)c3cccc4c3sc3ccccc34)cc2-c2ccccc2)cc1. The maximum absolute atomic E-state index is 2.44. The van der Waals surface area contributed by atoms with E-state index in [1.165, 1.54) is 81.1 Å². The number of fused-ring (bicyclic) bond motifs is 4. The van der Waals surface area contributed by atoms with E-state index in [1.54, 1.807) is 0 Å². The minimum absolute atomic E-state index is 1.11. The van der Waals surface area contributed by atoms with Gasteiger partial charge in [-0.15, -0.1) is 11.3 Å². The fourth-order valence-electron chi connectivity index (χ4n) is 7.95. The van der Waals surface area contributed by atoms with Crippen LogP contribution in [0.25, 0.3) is 75.5 Å². The van der Waals surface area contributed by atoms with Crippen molar-refractivity contribution in [3.63, 3.8) is 0 Å². The van der Waals surface area contributed by atoms with Crippen molar-refractivity contribution in [1.82, 2.24) is 0 Å². The molecule has 0 fully saturated rings. The Morgan fingerprint density at radius 2 is 0.852 bits per heavy atom. The van der Waals surface area contributed by atoms with E-state index in [2.05, 4.69) is 217 Å². The molecule has 0 saturated carbocycles. The summed E-state index contributed by atoms with van der Waals surface area (Å²) in [7, 11) is 0. The van der Waals surface area contributed by atoms with Crippen LogP contribution in [0.3, 0.4) is 0 Å². The van der Waals surface area contributed by atoms with Crippen LogP contribution in [0.5, 0.6) is 0 Å². The van der Waals surface area contributed by atoms with Crippen molar-refractivity contribution in [1.29, 1.82) is 0 Å². The molecule has 0 saturated heterocycles. The summed E-state index contributed by atoms with van der Waals surface area (Å²) in [5.41, 5.74) is 13.1. The Morgan fingerprint density at radius 1 is 0.315 bits per heavy atom. The lowest BCUT2D eigenvalue weighted by atomic mass is 9.91. The second kappa shape index (κ2) is 13.7. The smallest absolute Gasteiger partial charge is 0.0640 e. The molecule has 254 valence electrons. The number of benzene rings is 9. The van der Waals surface area contributed by atoms with Crippen molar-refractivity contribution in [3.05, 3.63) is 212 Å². The van der Waals surface area contributed by atoms with Crippen molar-refractivity contribution >= 4 is 59.3 Å². The van der Waals surface area contributed by atoms with Crippen LogP contribution in [0.15, 0.2) is 212 Å². The summed E-state index contributed by atoms with van der Waals surface area (Å²) in [6.07, 6.45) is 0. The normalized spacial score (nSPS) is 11.3. The van der Waals surface area contributed by atoms with E-state index < -0.39 is 0 Å². The predicted molar refractivity (Wildman–Crippen MR) is 233 cm³/mol. The molecule has 1 nitrogen and oxygen atoms in total. The molecule has 0 aliphatic heterocycles. The first kappa shape index (κ1) is 32.0. The Hall–Kier alpha value is -6.74. The Labute approximate surface area is 319 Å². The van der Waals surface area contributed by atoms with Crippen LogP contribution < -0.4 is 4.90 Å². The third-order valence-corrected chi connectivity index (χ3v) is 11.7. The highest BCUT2D eigenvalue weighted by Crippen LogP contribution is 2.47. The standard InChI is InChI=1S/C52H35NS/c1-3-15-36(16-4-1)44-34-33-41(35-49(44)38-17-5-2-6-18-38)53(50-27-14-26-48-47-24-11-12-28-51(47)54-52(48)50)40-31-29-39(30-32-40)43-22-9-10-23-45(43)46-25-13-20-37-19-7-8-21-42(37)46/h1-35H. The highest BCUT2D eigenvalue weighted by atomic mass is 32.1. The van der Waals surface area contributed by atoms with E-state index in [9.17, 15) is 0 Å². The molecule has 2 heteroatoms. The molecule has 9 aromatic carbocycles. The largest absolute Gasteiger partial charge is 0.309 e. The summed E-state index contributed by atoms with van der Waals surface area (Å²) < 4.78 is 2.57. The number of hydrogen-bond donors (Lipinski definition) is 0. The van der Waals surface area contributed by atoms with Crippen LogP contribution in [0.4, 0.5) is 17.1 Å². The molecule has 10 aromatic rings. The van der Waals surface area contributed by atoms with Gasteiger partial charge in [0.05, 0.1) is 10.4 Å². The van der Waals surface area contributed by atoms with Crippen LogP contribution in [-0.4, -0.2) is 0 Å². The summed E-state index contributed by atoms with van der Waals surface area (Å²) >= 11 is 1.87. The first-order valence-electron chi connectivity index (χ1n) is 18.4. The molecule has 0 atom stereocenters. The molecule has 0 aliphatic rings. The van der Waals surface area contributed by atoms with Crippen molar-refractivity contribution in [2.24, 2.45) is 0 Å². The van der Waals surface area contributed by atoms with E-state index in [0.29, 0.717) is 0 Å². The van der Waals surface area contributed by atoms with Gasteiger partial charge in [0.15, 0.2) is 0 Å². The summed E-state index contributed by atoms with van der Waals surface area (Å²) in [6, 6.07) is 77.1. The molecule has 1 heterocycles. The Kier molecular flexibility index (Phi) is 8.09. The van der Waals surface area contributed by atoms with Gasteiger partial charge in [-0.1, -0.05) is 176 Å². The maximum atomic E-state index is 2.44. The highest BCUT2D eigenvalue weighted by Gasteiger charge is 2.20. The van der Waals surface area contributed by atoms with Crippen LogP contribution in [0.1, 0.15) is 0 Å². The fourth-order valence-corrected chi connectivity index (χ4v) is 9.16. The van der Waals surface area contributed by atoms with Crippen LogP contribution in [0.2, 0.25) is 0 Å². The topological polar surface area (TPSA) is 3.24 Å². The fraction of sp³-hybridized carbons (Fsp3) is 0. The molecule has 10 rings (SSSR count). The Balaban J connectivity index is 1.16. The second-order valence-electron chi connectivity index (χ2n) is 13.7. The van der Waals surface area contributed by atoms with Gasteiger partial charge < -0.3 is 4.90 Å². The van der Waals surface area contributed by atoms with Crippen molar-refractivity contribution < 1.29 is 0 Å². The van der Waals surface area contributed by atoms with Crippen LogP contribution in [-0.2, 0) is 0 Å². The lowest BCUT2D eigenvalue weighted by molar-refractivity contribution is 1.30. The molecule has 0 unspecified atom stereocenters. The second-order valence-corrected chi connectivity index (χ2v) is 14.7. The summed E-state index contributed by atoms with van der Waals surface area (Å²) in [6.45, 7) is 0. The lowest BCUT2D eigenvalue weighted by Gasteiger charge is -2.27. The number of anilines is 3. The van der Waals surface area contributed by atoms with Crippen LogP contribution in [0, 0.1) is 0 Å². The summed E-state index contributed by atoms with van der Waals surface area (Å²) in [4.78, 5) is 2.44. The number of nitrogens with zero attached hydrogens (tertiary/aromatic N) is 1. The summed E-state index contributed by atoms with van der Waals surface area (Å²) in [5.74, 6) is 0. The highest BCUT2D eigenvalue weighted by molar-refractivity contribution is 7.26. The first-order chi connectivity index (χ1) is 26.8. The van der Waals surface area contributed by atoms with Gasteiger partial charge in [0.1, 0.15) is 0 Å². The molecular formula is C52H35NS. The molecule has 0 spiro atoms. The number of thiophene rings is 1. The van der Waals surface area contributed by atoms with E-state index in [-0.39, 0.29) is 0 Å². The zero-order chi connectivity index (χ0) is 35.8. The Bertz CT molecular complexity index is 2920. The zero-order valence-corrected chi connectivity index (χ0v) is 30.4. The van der Waals surface area contributed by atoms with Crippen molar-refractivity contribution in [2.75, 3.05) is 4.90 Å². The first-order valence-corrected chi connectivity index (χ1v) is 19.2. The van der Waals surface area contributed by atoms with Gasteiger partial charge in [-0.05, 0) is 91.7 Å². The molecule has 0 bridgehead atoms. The lowest BCUT2D eigenvalue weighted by Crippen LogP contribution is -2.10. The number of hydrogen-bond acceptors (Lipinski definition) is 2. The van der Waals surface area contributed by atoms with Gasteiger partial charge >= 0.3 is 0 Å². The molecule has 54 heavy (non-hydrogen) atoms. The third kappa shape index (κ3) is 5.65. The van der Waals surface area contributed by atoms with Gasteiger partial charge in [0, 0.05) is 26.8 Å².